The third kappa shape index (κ3) is 5.26. The molecule has 0 radical (unpaired) electrons. The molecule has 0 aliphatic carbocycles. The maximum atomic E-state index is 5.35. The Labute approximate surface area is 284 Å². The number of pyridine rings is 1. The van der Waals surface area contributed by atoms with Crippen LogP contribution in [-0.4, -0.2) is 19.6 Å². The van der Waals surface area contributed by atoms with Gasteiger partial charge < -0.3 is 0 Å². The fourth-order valence-electron chi connectivity index (χ4n) is 6.65. The minimum atomic E-state index is 0.704. The molecule has 6 aromatic carbocycles. The van der Waals surface area contributed by atoms with Gasteiger partial charge in [0.25, 0.3) is 0 Å². The molecule has 4 nitrogen and oxygen atoms in total. The number of benzene rings is 6. The summed E-state index contributed by atoms with van der Waals surface area (Å²) >= 11 is 0. The predicted molar refractivity (Wildman–Crippen MR) is 201 cm³/mol. The van der Waals surface area contributed by atoms with Gasteiger partial charge in [-0.3, -0.25) is 0 Å². The first-order chi connectivity index (χ1) is 24.3. The number of hydrogen-bond acceptors (Lipinski definition) is 3. The van der Waals surface area contributed by atoms with Gasteiger partial charge in [0.2, 0.25) is 0 Å². The molecule has 0 unspecified atom stereocenters. The Hall–Kier alpha value is -6.65. The summed E-state index contributed by atoms with van der Waals surface area (Å²) in [5.41, 5.74) is 12.3. The number of nitrogens with zero attached hydrogens (tertiary/aromatic N) is 4. The van der Waals surface area contributed by atoms with E-state index in [9.17, 15) is 0 Å². The average molecular weight is 627 g/mol. The predicted octanol–water partition coefficient (Wildman–Crippen LogP) is 11.3. The molecule has 230 valence electrons. The van der Waals surface area contributed by atoms with Gasteiger partial charge in [0.1, 0.15) is 5.69 Å². The average Bonchev–Trinajstić information content (AvgIpc) is 3.60. The quantitative estimate of drug-likeness (QED) is 0.184. The van der Waals surface area contributed by atoms with Crippen molar-refractivity contribution in [3.8, 4) is 67.5 Å². The lowest BCUT2D eigenvalue weighted by atomic mass is 9.95. The zero-order chi connectivity index (χ0) is 32.6. The molecule has 0 aliphatic heterocycles. The second-order valence-electron chi connectivity index (χ2n) is 12.1. The van der Waals surface area contributed by atoms with Gasteiger partial charge in [-0.05, 0) is 23.1 Å². The van der Waals surface area contributed by atoms with Gasteiger partial charge in [-0.25, -0.2) is 14.5 Å². The fourth-order valence-corrected chi connectivity index (χ4v) is 6.65. The summed E-state index contributed by atoms with van der Waals surface area (Å²) in [6.45, 7) is 0. The van der Waals surface area contributed by atoms with Crippen LogP contribution in [0.5, 0.6) is 0 Å². The molecule has 4 heteroatoms. The van der Waals surface area contributed by atoms with Crippen molar-refractivity contribution in [2.24, 2.45) is 0 Å². The summed E-state index contributed by atoms with van der Waals surface area (Å²) in [6.07, 6.45) is 0. The molecule has 0 spiro atoms. The van der Waals surface area contributed by atoms with Crippen molar-refractivity contribution in [2.45, 2.75) is 0 Å². The van der Waals surface area contributed by atoms with Crippen molar-refractivity contribution >= 4 is 16.3 Å². The van der Waals surface area contributed by atoms with E-state index in [1.54, 1.807) is 0 Å². The summed E-state index contributed by atoms with van der Waals surface area (Å²) in [4.78, 5) is 10.0. The van der Waals surface area contributed by atoms with Gasteiger partial charge in [0.05, 0.1) is 22.6 Å². The summed E-state index contributed by atoms with van der Waals surface area (Å²) in [5.74, 6) is 0.704. The van der Waals surface area contributed by atoms with E-state index in [1.165, 1.54) is 5.39 Å². The molecule has 0 fully saturated rings. The van der Waals surface area contributed by atoms with Crippen LogP contribution in [0.4, 0.5) is 0 Å². The van der Waals surface area contributed by atoms with Crippen LogP contribution in [0.3, 0.4) is 0 Å². The fraction of sp³-hybridized carbons (Fsp3) is 0. The zero-order valence-electron chi connectivity index (χ0n) is 26.6. The summed E-state index contributed by atoms with van der Waals surface area (Å²) < 4.78 is 2.13. The lowest BCUT2D eigenvalue weighted by molar-refractivity contribution is 0.979. The van der Waals surface area contributed by atoms with E-state index >= 15 is 0 Å². The first-order valence-electron chi connectivity index (χ1n) is 16.5. The van der Waals surface area contributed by atoms with Crippen LogP contribution >= 0.6 is 0 Å². The molecule has 0 amide bonds. The van der Waals surface area contributed by atoms with E-state index in [1.807, 2.05) is 42.5 Å². The van der Waals surface area contributed by atoms with Crippen LogP contribution < -0.4 is 0 Å². The highest BCUT2D eigenvalue weighted by Crippen LogP contribution is 2.41. The minimum Gasteiger partial charge on any atom is -0.231 e. The molecule has 3 heterocycles. The Morgan fingerprint density at radius 3 is 1.51 bits per heavy atom. The number of fused-ring (bicyclic) bond motifs is 3. The molecular weight excluding hydrogens is 597 g/mol. The first kappa shape index (κ1) is 28.6. The van der Waals surface area contributed by atoms with Gasteiger partial charge in [-0.1, -0.05) is 170 Å². The number of rotatable bonds is 6. The Kier molecular flexibility index (Phi) is 7.10. The van der Waals surface area contributed by atoms with Crippen molar-refractivity contribution in [2.75, 3.05) is 0 Å². The Morgan fingerprint density at radius 1 is 0.388 bits per heavy atom. The van der Waals surface area contributed by atoms with Gasteiger partial charge in [-0.2, -0.15) is 5.10 Å². The van der Waals surface area contributed by atoms with Crippen molar-refractivity contribution < 1.29 is 0 Å². The molecule has 0 N–H and O–H groups in total. The SMILES string of the molecule is c1ccc(-c2cc(-c3ccc(-c4c(-c5ccccc5)nn5c(-c6ccccc6)cc6ccccc6c45)cc3)nc(-c3ccccc3)n2)cc1. The summed E-state index contributed by atoms with van der Waals surface area (Å²) in [7, 11) is 0. The van der Waals surface area contributed by atoms with Gasteiger partial charge in [0, 0.05) is 38.8 Å². The van der Waals surface area contributed by atoms with Gasteiger partial charge in [0.15, 0.2) is 5.82 Å². The van der Waals surface area contributed by atoms with E-state index in [4.69, 9.17) is 15.1 Å². The van der Waals surface area contributed by atoms with Crippen molar-refractivity contribution in [1.82, 2.24) is 19.6 Å². The molecule has 49 heavy (non-hydrogen) atoms. The molecular formula is C45H30N4. The van der Waals surface area contributed by atoms with E-state index in [2.05, 4.69) is 144 Å². The maximum Gasteiger partial charge on any atom is 0.160 e. The second kappa shape index (κ2) is 12.2. The minimum absolute atomic E-state index is 0.704. The van der Waals surface area contributed by atoms with Crippen LogP contribution in [0.15, 0.2) is 182 Å². The largest absolute Gasteiger partial charge is 0.231 e. The van der Waals surface area contributed by atoms with Crippen LogP contribution in [0, 0.1) is 0 Å². The Bertz CT molecular complexity index is 2500. The number of hydrogen-bond donors (Lipinski definition) is 0. The lowest BCUT2D eigenvalue weighted by Crippen LogP contribution is -1.96. The second-order valence-corrected chi connectivity index (χ2v) is 12.1. The first-order valence-corrected chi connectivity index (χ1v) is 16.5. The Morgan fingerprint density at radius 2 is 0.878 bits per heavy atom. The van der Waals surface area contributed by atoms with Crippen LogP contribution in [0.25, 0.3) is 83.8 Å². The third-order valence-electron chi connectivity index (χ3n) is 9.04. The van der Waals surface area contributed by atoms with Crippen LogP contribution in [0.2, 0.25) is 0 Å². The van der Waals surface area contributed by atoms with Crippen LogP contribution in [0.1, 0.15) is 0 Å². The van der Waals surface area contributed by atoms with E-state index in [0.717, 1.165) is 72.6 Å². The van der Waals surface area contributed by atoms with Crippen molar-refractivity contribution in [3.63, 3.8) is 0 Å². The highest BCUT2D eigenvalue weighted by Gasteiger charge is 2.21. The molecule has 0 bridgehead atoms. The van der Waals surface area contributed by atoms with E-state index in [-0.39, 0.29) is 0 Å². The highest BCUT2D eigenvalue weighted by atomic mass is 15.2. The smallest absolute Gasteiger partial charge is 0.160 e. The maximum absolute atomic E-state index is 5.35. The highest BCUT2D eigenvalue weighted by molar-refractivity contribution is 6.08. The third-order valence-corrected chi connectivity index (χ3v) is 9.04. The van der Waals surface area contributed by atoms with E-state index < -0.39 is 0 Å². The Balaban J connectivity index is 1.25. The number of aromatic nitrogens is 4. The molecule has 0 saturated heterocycles. The molecule has 9 rings (SSSR count). The summed E-state index contributed by atoms with van der Waals surface area (Å²) in [5, 5.41) is 7.69. The molecule has 0 saturated carbocycles. The van der Waals surface area contributed by atoms with Gasteiger partial charge >= 0.3 is 0 Å². The zero-order valence-corrected chi connectivity index (χ0v) is 26.6. The van der Waals surface area contributed by atoms with Crippen molar-refractivity contribution in [1.29, 1.82) is 0 Å². The normalized spacial score (nSPS) is 11.3. The molecule has 0 atom stereocenters. The van der Waals surface area contributed by atoms with Gasteiger partial charge in [-0.15, -0.1) is 0 Å². The molecule has 9 aromatic rings. The van der Waals surface area contributed by atoms with Crippen molar-refractivity contribution in [3.05, 3.63) is 182 Å². The van der Waals surface area contributed by atoms with Crippen LogP contribution in [-0.2, 0) is 0 Å². The monoisotopic (exact) mass is 626 g/mol. The standard InChI is InChI=1S/C45H30N4/c1-5-15-31(16-6-1)39-30-40(47-45(46-39)36-21-11-4-12-22-36)32-25-27-34(28-26-32)42-43(35-19-9-3-10-20-35)48-49-41(33-17-7-2-8-18-33)29-37-23-13-14-24-38(37)44(42)49/h1-30H. The molecule has 0 aliphatic rings. The topological polar surface area (TPSA) is 43.1 Å². The lowest BCUT2D eigenvalue weighted by Gasteiger charge is -2.12. The molecule has 3 aromatic heterocycles. The van der Waals surface area contributed by atoms with E-state index in [0.29, 0.717) is 5.82 Å². The summed E-state index contributed by atoms with van der Waals surface area (Å²) in [6, 6.07) is 63.1.